The Kier molecular flexibility index (Phi) is 4.35. The molecule has 4 heteroatoms. The molecule has 0 aliphatic heterocycles. The largest absolute Gasteiger partial charge is 0.390 e. The summed E-state index contributed by atoms with van der Waals surface area (Å²) in [7, 11) is 0. The third kappa shape index (κ3) is 4.82. The summed E-state index contributed by atoms with van der Waals surface area (Å²) in [6.07, 6.45) is 1.59. The van der Waals surface area contributed by atoms with Crippen LogP contribution < -0.4 is 0 Å². The number of hydrogen-bond donors (Lipinski definition) is 1. The normalized spacial score (nSPS) is 10.9. The van der Waals surface area contributed by atoms with Crippen molar-refractivity contribution in [2.75, 3.05) is 0 Å². The summed E-state index contributed by atoms with van der Waals surface area (Å²) in [6.45, 7) is 4.01. The van der Waals surface area contributed by atoms with Crippen LogP contribution in [-0.4, -0.2) is 10.7 Å². The Morgan fingerprint density at radius 3 is 2.31 bits per heavy atom. The van der Waals surface area contributed by atoms with Gasteiger partial charge in [-0.05, 0) is 43.3 Å². The van der Waals surface area contributed by atoms with Crippen molar-refractivity contribution in [2.45, 2.75) is 38.8 Å². The van der Waals surface area contributed by atoms with Gasteiger partial charge in [0, 0.05) is 4.91 Å². The van der Waals surface area contributed by atoms with Crippen LogP contribution in [0.2, 0.25) is 0 Å². The van der Waals surface area contributed by atoms with Crippen molar-refractivity contribution < 1.29 is 5.11 Å². The SMILES string of the molecule is CC(C)(O)CCc1ccc(CN=[N+]=[N-])cc1. The maximum Gasteiger partial charge on any atom is 0.0594 e. The summed E-state index contributed by atoms with van der Waals surface area (Å²) < 4.78 is 0. The molecule has 0 aromatic heterocycles. The van der Waals surface area contributed by atoms with E-state index in [4.69, 9.17) is 5.53 Å². The van der Waals surface area contributed by atoms with E-state index in [1.54, 1.807) is 0 Å². The van der Waals surface area contributed by atoms with Crippen molar-refractivity contribution in [1.82, 2.24) is 0 Å². The van der Waals surface area contributed by atoms with Crippen LogP contribution in [-0.2, 0) is 13.0 Å². The van der Waals surface area contributed by atoms with E-state index >= 15 is 0 Å². The smallest absolute Gasteiger partial charge is 0.0594 e. The van der Waals surface area contributed by atoms with Crippen LogP contribution in [0.5, 0.6) is 0 Å². The minimum absolute atomic E-state index is 0.391. The fourth-order valence-electron chi connectivity index (χ4n) is 1.37. The highest BCUT2D eigenvalue weighted by atomic mass is 16.3. The first-order valence-corrected chi connectivity index (χ1v) is 5.32. The van der Waals surface area contributed by atoms with Crippen LogP contribution in [0.25, 0.3) is 10.4 Å². The van der Waals surface area contributed by atoms with Gasteiger partial charge in [-0.3, -0.25) is 0 Å². The number of aliphatic hydroxyl groups is 1. The Balaban J connectivity index is 2.54. The molecule has 0 aliphatic rings. The molecule has 1 N–H and O–H groups in total. The molecule has 0 saturated carbocycles. The van der Waals surface area contributed by atoms with Gasteiger partial charge in [0.15, 0.2) is 0 Å². The molecule has 4 nitrogen and oxygen atoms in total. The van der Waals surface area contributed by atoms with Crippen LogP contribution in [0.1, 0.15) is 31.4 Å². The average Bonchev–Trinajstić information content (AvgIpc) is 2.24. The van der Waals surface area contributed by atoms with E-state index in [9.17, 15) is 5.11 Å². The van der Waals surface area contributed by atoms with Gasteiger partial charge in [-0.2, -0.15) is 0 Å². The Labute approximate surface area is 95.5 Å². The van der Waals surface area contributed by atoms with Gasteiger partial charge in [0.2, 0.25) is 0 Å². The Bertz CT molecular complexity index is 372. The van der Waals surface area contributed by atoms with Crippen molar-refractivity contribution in [1.29, 1.82) is 0 Å². The fourth-order valence-corrected chi connectivity index (χ4v) is 1.37. The first-order valence-electron chi connectivity index (χ1n) is 5.32. The molecule has 0 unspecified atom stereocenters. The molecule has 0 spiro atoms. The van der Waals surface area contributed by atoms with E-state index < -0.39 is 5.60 Å². The van der Waals surface area contributed by atoms with E-state index in [0.717, 1.165) is 18.4 Å². The predicted octanol–water partition coefficient (Wildman–Crippen LogP) is 3.20. The highest BCUT2D eigenvalue weighted by Gasteiger charge is 2.11. The topological polar surface area (TPSA) is 69.0 Å². The number of aryl methyl sites for hydroxylation is 1. The monoisotopic (exact) mass is 219 g/mol. The zero-order valence-corrected chi connectivity index (χ0v) is 9.72. The zero-order chi connectivity index (χ0) is 12.0. The van der Waals surface area contributed by atoms with E-state index in [0.29, 0.717) is 6.54 Å². The summed E-state index contributed by atoms with van der Waals surface area (Å²) in [4.78, 5) is 2.71. The molecule has 1 aromatic carbocycles. The van der Waals surface area contributed by atoms with Crippen LogP contribution >= 0.6 is 0 Å². The number of benzene rings is 1. The van der Waals surface area contributed by atoms with Crippen molar-refractivity contribution >= 4 is 0 Å². The van der Waals surface area contributed by atoms with Crippen molar-refractivity contribution in [3.05, 3.63) is 45.8 Å². The number of azide groups is 1. The summed E-state index contributed by atoms with van der Waals surface area (Å²) in [5, 5.41) is 13.1. The average molecular weight is 219 g/mol. The second kappa shape index (κ2) is 5.54. The summed E-state index contributed by atoms with van der Waals surface area (Å²) in [5.41, 5.74) is 9.76. The third-order valence-electron chi connectivity index (χ3n) is 2.36. The molecule has 0 fully saturated rings. The van der Waals surface area contributed by atoms with Gasteiger partial charge in [0.05, 0.1) is 12.1 Å². The van der Waals surface area contributed by atoms with Gasteiger partial charge in [-0.15, -0.1) is 0 Å². The van der Waals surface area contributed by atoms with Crippen LogP contribution in [0.15, 0.2) is 29.4 Å². The van der Waals surface area contributed by atoms with Gasteiger partial charge in [-0.25, -0.2) is 0 Å². The van der Waals surface area contributed by atoms with Gasteiger partial charge < -0.3 is 5.11 Å². The Morgan fingerprint density at radius 2 is 1.81 bits per heavy atom. The second-order valence-corrected chi connectivity index (χ2v) is 4.52. The molecule has 0 radical (unpaired) electrons. The molecule has 86 valence electrons. The Morgan fingerprint density at radius 1 is 1.25 bits per heavy atom. The standard InChI is InChI=1S/C12H17N3O/c1-12(2,16)8-7-10-3-5-11(6-4-10)9-14-15-13/h3-6,16H,7-9H2,1-2H3. The zero-order valence-electron chi connectivity index (χ0n) is 9.72. The molecule has 0 atom stereocenters. The molecule has 1 aromatic rings. The predicted molar refractivity (Wildman–Crippen MR) is 63.9 cm³/mol. The van der Waals surface area contributed by atoms with E-state index in [1.165, 1.54) is 5.56 Å². The lowest BCUT2D eigenvalue weighted by Gasteiger charge is -2.16. The summed E-state index contributed by atoms with van der Waals surface area (Å²) in [5.74, 6) is 0. The lowest BCUT2D eigenvalue weighted by molar-refractivity contribution is 0.0714. The second-order valence-electron chi connectivity index (χ2n) is 4.52. The molecule has 0 aliphatic carbocycles. The quantitative estimate of drug-likeness (QED) is 0.461. The molecule has 1 rings (SSSR count). The molecule has 0 heterocycles. The molecular formula is C12H17N3O. The highest BCUT2D eigenvalue weighted by molar-refractivity contribution is 5.22. The van der Waals surface area contributed by atoms with Gasteiger partial charge in [0.1, 0.15) is 0 Å². The summed E-state index contributed by atoms with van der Waals surface area (Å²) >= 11 is 0. The molecule has 0 amide bonds. The first-order chi connectivity index (χ1) is 7.51. The van der Waals surface area contributed by atoms with Gasteiger partial charge in [-0.1, -0.05) is 29.4 Å². The van der Waals surface area contributed by atoms with Crippen molar-refractivity contribution in [3.8, 4) is 0 Å². The number of hydrogen-bond acceptors (Lipinski definition) is 2. The lowest BCUT2D eigenvalue weighted by Crippen LogP contribution is -2.19. The first kappa shape index (κ1) is 12.6. The van der Waals surface area contributed by atoms with Gasteiger partial charge >= 0.3 is 0 Å². The molecular weight excluding hydrogens is 202 g/mol. The molecule has 0 saturated heterocycles. The third-order valence-corrected chi connectivity index (χ3v) is 2.36. The maximum absolute atomic E-state index is 9.59. The van der Waals surface area contributed by atoms with E-state index in [1.807, 2.05) is 38.1 Å². The van der Waals surface area contributed by atoms with Crippen molar-refractivity contribution in [2.24, 2.45) is 5.11 Å². The minimum atomic E-state index is -0.621. The number of rotatable bonds is 5. The summed E-state index contributed by atoms with van der Waals surface area (Å²) in [6, 6.07) is 7.92. The maximum atomic E-state index is 9.59. The van der Waals surface area contributed by atoms with Crippen molar-refractivity contribution in [3.63, 3.8) is 0 Å². The molecule has 0 bridgehead atoms. The number of nitrogens with zero attached hydrogens (tertiary/aromatic N) is 3. The highest BCUT2D eigenvalue weighted by Crippen LogP contribution is 2.14. The van der Waals surface area contributed by atoms with Crippen LogP contribution in [0.3, 0.4) is 0 Å². The van der Waals surface area contributed by atoms with Gasteiger partial charge in [0.25, 0.3) is 0 Å². The van der Waals surface area contributed by atoms with Crippen LogP contribution in [0, 0.1) is 0 Å². The minimum Gasteiger partial charge on any atom is -0.390 e. The Hall–Kier alpha value is -1.51. The lowest BCUT2D eigenvalue weighted by atomic mass is 9.98. The van der Waals surface area contributed by atoms with E-state index in [2.05, 4.69) is 10.0 Å². The molecule has 16 heavy (non-hydrogen) atoms. The fraction of sp³-hybridized carbons (Fsp3) is 0.500. The van der Waals surface area contributed by atoms with Crippen LogP contribution in [0.4, 0.5) is 0 Å². The van der Waals surface area contributed by atoms with E-state index in [-0.39, 0.29) is 0 Å².